The van der Waals surface area contributed by atoms with Crippen molar-refractivity contribution in [2.75, 3.05) is 37.7 Å². The first-order valence-corrected chi connectivity index (χ1v) is 10.8. The van der Waals surface area contributed by atoms with E-state index < -0.39 is 5.54 Å². The minimum Gasteiger partial charge on any atom is -0.354 e. The average molecular weight is 428 g/mol. The second-order valence-corrected chi connectivity index (χ2v) is 8.08. The van der Waals surface area contributed by atoms with E-state index in [4.69, 9.17) is 0 Å². The summed E-state index contributed by atoms with van der Waals surface area (Å²) >= 11 is 0. The molecule has 3 aromatic rings. The van der Waals surface area contributed by atoms with E-state index in [-0.39, 0.29) is 18.6 Å². The van der Waals surface area contributed by atoms with Crippen molar-refractivity contribution < 1.29 is 9.59 Å². The Morgan fingerprint density at radius 3 is 1.94 bits per heavy atom. The minimum absolute atomic E-state index is 0.243. The molecule has 2 aromatic carbocycles. The lowest BCUT2D eigenvalue weighted by Gasteiger charge is -2.36. The van der Waals surface area contributed by atoms with Gasteiger partial charge in [0, 0.05) is 32.4 Å². The number of imide groups is 1. The molecular weight excluding hydrogens is 402 g/mol. The molecule has 2 saturated heterocycles. The summed E-state index contributed by atoms with van der Waals surface area (Å²) in [6.07, 6.45) is 1.79. The number of nitrogens with zero attached hydrogens (tertiary/aromatic N) is 4. The van der Waals surface area contributed by atoms with Gasteiger partial charge in [-0.15, -0.1) is 0 Å². The molecule has 2 fully saturated rings. The molecule has 0 radical (unpaired) electrons. The molecule has 7 heteroatoms. The summed E-state index contributed by atoms with van der Waals surface area (Å²) in [5, 5.41) is 3.01. The van der Waals surface area contributed by atoms with Crippen LogP contribution in [0.5, 0.6) is 0 Å². The molecule has 2 aliphatic heterocycles. The number of pyridine rings is 1. The quantitative estimate of drug-likeness (QED) is 0.634. The predicted molar refractivity (Wildman–Crippen MR) is 122 cm³/mol. The van der Waals surface area contributed by atoms with Gasteiger partial charge in [-0.25, -0.2) is 14.7 Å². The Bertz CT molecular complexity index is 1040. The monoisotopic (exact) mass is 427 g/mol. The van der Waals surface area contributed by atoms with E-state index in [1.165, 1.54) is 4.90 Å². The fourth-order valence-corrected chi connectivity index (χ4v) is 4.50. The molecule has 0 bridgehead atoms. The number of hydrogen-bond donors (Lipinski definition) is 1. The maximum Gasteiger partial charge on any atom is 0.326 e. The molecule has 0 saturated carbocycles. The lowest BCUT2D eigenvalue weighted by molar-refractivity contribution is -0.131. The Kier molecular flexibility index (Phi) is 5.33. The van der Waals surface area contributed by atoms with E-state index in [1.54, 1.807) is 6.20 Å². The van der Waals surface area contributed by atoms with E-state index >= 15 is 0 Å². The summed E-state index contributed by atoms with van der Waals surface area (Å²) in [6.45, 7) is 3.35. The second-order valence-electron chi connectivity index (χ2n) is 8.08. The molecule has 1 aromatic heterocycles. The lowest BCUT2D eigenvalue weighted by atomic mass is 9.83. The smallest absolute Gasteiger partial charge is 0.326 e. The van der Waals surface area contributed by atoms with Gasteiger partial charge in [0.1, 0.15) is 5.82 Å². The number of urea groups is 1. The molecule has 0 spiro atoms. The highest BCUT2D eigenvalue weighted by Gasteiger charge is 2.53. The van der Waals surface area contributed by atoms with Crippen molar-refractivity contribution in [1.29, 1.82) is 0 Å². The van der Waals surface area contributed by atoms with Gasteiger partial charge >= 0.3 is 6.03 Å². The van der Waals surface area contributed by atoms with Crippen molar-refractivity contribution in [3.8, 4) is 0 Å². The van der Waals surface area contributed by atoms with Crippen LogP contribution in [0, 0.1) is 0 Å². The van der Waals surface area contributed by atoms with Gasteiger partial charge in [-0.1, -0.05) is 66.7 Å². The first-order chi connectivity index (χ1) is 15.7. The zero-order valence-corrected chi connectivity index (χ0v) is 17.7. The number of benzene rings is 2. The Hall–Kier alpha value is -3.71. The summed E-state index contributed by atoms with van der Waals surface area (Å²) in [6, 6.07) is 24.4. The number of hydrogen-bond acceptors (Lipinski definition) is 5. The van der Waals surface area contributed by atoms with Gasteiger partial charge in [-0.05, 0) is 23.3 Å². The molecular formula is C25H25N5O2. The van der Waals surface area contributed by atoms with E-state index in [9.17, 15) is 9.59 Å². The topological polar surface area (TPSA) is 68.8 Å². The van der Waals surface area contributed by atoms with Gasteiger partial charge in [-0.2, -0.15) is 0 Å². The standard InChI is InChI=1S/C25H25N5O2/c31-23-25(20-9-3-1-4-10-20,21-11-5-2-6-12-21)27-24(32)30(23)19-28-15-17-29(18-16-28)22-13-7-8-14-26-22/h1-14H,15-19H2,(H,27,32). The lowest BCUT2D eigenvalue weighted by Crippen LogP contribution is -2.52. The first kappa shape index (κ1) is 20.2. The van der Waals surface area contributed by atoms with Crippen molar-refractivity contribution >= 4 is 17.8 Å². The summed E-state index contributed by atoms with van der Waals surface area (Å²) in [5.74, 6) is 0.710. The van der Waals surface area contributed by atoms with Gasteiger partial charge in [-0.3, -0.25) is 9.69 Å². The number of rotatable bonds is 5. The Morgan fingerprint density at radius 1 is 0.781 bits per heavy atom. The van der Waals surface area contributed by atoms with Crippen LogP contribution in [0.1, 0.15) is 11.1 Å². The number of amides is 3. The molecule has 3 amide bonds. The van der Waals surface area contributed by atoms with Crippen molar-refractivity contribution in [3.63, 3.8) is 0 Å². The first-order valence-electron chi connectivity index (χ1n) is 10.8. The number of piperazine rings is 1. The molecule has 0 unspecified atom stereocenters. The zero-order chi connectivity index (χ0) is 22.0. The van der Waals surface area contributed by atoms with Gasteiger partial charge in [0.2, 0.25) is 0 Å². The van der Waals surface area contributed by atoms with Crippen molar-refractivity contribution in [2.24, 2.45) is 0 Å². The number of carbonyl (C=O) groups excluding carboxylic acids is 2. The van der Waals surface area contributed by atoms with Crippen LogP contribution in [0.3, 0.4) is 0 Å². The number of carbonyl (C=O) groups is 2. The minimum atomic E-state index is -1.21. The predicted octanol–water partition coefficient (Wildman–Crippen LogP) is 2.66. The maximum atomic E-state index is 13.8. The third-order valence-corrected chi connectivity index (χ3v) is 6.21. The molecule has 3 heterocycles. The second kappa shape index (κ2) is 8.43. The summed E-state index contributed by atoms with van der Waals surface area (Å²) in [7, 11) is 0. The van der Waals surface area contributed by atoms with Gasteiger partial charge < -0.3 is 10.2 Å². The van der Waals surface area contributed by atoms with Crippen LogP contribution in [-0.2, 0) is 10.3 Å². The highest BCUT2D eigenvalue weighted by Crippen LogP contribution is 2.36. The summed E-state index contributed by atoms with van der Waals surface area (Å²) in [4.78, 5) is 37.0. The van der Waals surface area contributed by atoms with Crippen molar-refractivity contribution in [3.05, 3.63) is 96.2 Å². The molecule has 0 atom stereocenters. The average Bonchev–Trinajstić information content (AvgIpc) is 3.12. The largest absolute Gasteiger partial charge is 0.354 e. The molecule has 0 aliphatic carbocycles. The molecule has 1 N–H and O–H groups in total. The molecule has 162 valence electrons. The fraction of sp³-hybridized carbons (Fsp3) is 0.240. The molecule has 5 rings (SSSR count). The van der Waals surface area contributed by atoms with Crippen LogP contribution in [0.4, 0.5) is 10.6 Å². The van der Waals surface area contributed by atoms with E-state index in [1.807, 2.05) is 78.9 Å². The van der Waals surface area contributed by atoms with Crippen LogP contribution in [-0.4, -0.2) is 59.6 Å². The third-order valence-electron chi connectivity index (χ3n) is 6.21. The van der Waals surface area contributed by atoms with Crippen LogP contribution in [0.15, 0.2) is 85.1 Å². The molecule has 32 heavy (non-hydrogen) atoms. The number of aromatic nitrogens is 1. The molecule has 7 nitrogen and oxygen atoms in total. The van der Waals surface area contributed by atoms with E-state index in [2.05, 4.69) is 20.1 Å². The van der Waals surface area contributed by atoms with Crippen molar-refractivity contribution in [1.82, 2.24) is 20.1 Å². The van der Waals surface area contributed by atoms with Crippen molar-refractivity contribution in [2.45, 2.75) is 5.54 Å². The highest BCUT2D eigenvalue weighted by molar-refractivity contribution is 6.09. The Labute approximate surface area is 187 Å². The SMILES string of the molecule is O=C1NC(c2ccccc2)(c2ccccc2)C(=O)N1CN1CCN(c2ccccn2)CC1. The number of nitrogens with one attached hydrogen (secondary N) is 1. The van der Waals surface area contributed by atoms with Crippen LogP contribution >= 0.6 is 0 Å². The van der Waals surface area contributed by atoms with E-state index in [0.29, 0.717) is 0 Å². The van der Waals surface area contributed by atoms with Crippen LogP contribution in [0.2, 0.25) is 0 Å². The zero-order valence-electron chi connectivity index (χ0n) is 17.7. The van der Waals surface area contributed by atoms with Gasteiger partial charge in [0.25, 0.3) is 5.91 Å². The normalized spacial score (nSPS) is 18.6. The highest BCUT2D eigenvalue weighted by atomic mass is 16.2. The third kappa shape index (κ3) is 3.50. The van der Waals surface area contributed by atoms with Gasteiger partial charge in [0.05, 0.1) is 6.67 Å². The molecule has 2 aliphatic rings. The summed E-state index contributed by atoms with van der Waals surface area (Å²) < 4.78 is 0. The Morgan fingerprint density at radius 2 is 1.38 bits per heavy atom. The van der Waals surface area contributed by atoms with Crippen LogP contribution < -0.4 is 10.2 Å². The number of anilines is 1. The maximum absolute atomic E-state index is 13.8. The summed E-state index contributed by atoms with van der Waals surface area (Å²) in [5.41, 5.74) is 0.300. The Balaban J connectivity index is 1.36. The van der Waals surface area contributed by atoms with Crippen LogP contribution in [0.25, 0.3) is 0 Å². The van der Waals surface area contributed by atoms with Gasteiger partial charge in [0.15, 0.2) is 5.54 Å². The fourth-order valence-electron chi connectivity index (χ4n) is 4.50. The van der Waals surface area contributed by atoms with E-state index in [0.717, 1.165) is 43.1 Å².